The van der Waals surface area contributed by atoms with Gasteiger partial charge in [0, 0.05) is 22.7 Å². The van der Waals surface area contributed by atoms with Crippen LogP contribution in [0, 0.1) is 13.8 Å². The van der Waals surface area contributed by atoms with Crippen molar-refractivity contribution in [1.82, 2.24) is 4.90 Å². The lowest BCUT2D eigenvalue weighted by Gasteiger charge is -2.23. The molecule has 1 unspecified atom stereocenters. The van der Waals surface area contributed by atoms with Crippen molar-refractivity contribution in [2.45, 2.75) is 24.8 Å². The number of hydrogen-bond acceptors (Lipinski definition) is 5. The highest BCUT2D eigenvalue weighted by atomic mass is 32.2. The summed E-state index contributed by atoms with van der Waals surface area (Å²) >= 11 is 1.52. The van der Waals surface area contributed by atoms with Crippen LogP contribution in [0.5, 0.6) is 0 Å². The molecule has 0 radical (unpaired) electrons. The number of benzene rings is 3. The first-order valence-electron chi connectivity index (χ1n) is 10.7. The molecule has 1 aliphatic rings. The smallest absolute Gasteiger partial charge is 0.261 e. The maximum atomic E-state index is 13.1. The van der Waals surface area contributed by atoms with Gasteiger partial charge in [-0.2, -0.15) is 0 Å². The highest BCUT2D eigenvalue weighted by Gasteiger charge is 2.35. The number of thioether (sulfide) groups is 1. The third kappa shape index (κ3) is 5.26. The number of carbonyl (C=O) groups excluding carboxylic acids is 2. The van der Waals surface area contributed by atoms with Crippen LogP contribution in [-0.2, 0) is 14.8 Å². The first-order valence-corrected chi connectivity index (χ1v) is 13.3. The predicted molar refractivity (Wildman–Crippen MR) is 136 cm³/mol. The van der Waals surface area contributed by atoms with Crippen molar-refractivity contribution in [2.75, 3.05) is 21.7 Å². The van der Waals surface area contributed by atoms with Gasteiger partial charge < -0.3 is 10.2 Å². The number of amides is 2. The molecule has 7 nitrogen and oxygen atoms in total. The molecule has 3 aromatic carbocycles. The average Bonchev–Trinajstić information content (AvgIpc) is 3.32. The van der Waals surface area contributed by atoms with Crippen LogP contribution < -0.4 is 10.0 Å². The molecular weight excluding hydrogens is 470 g/mol. The molecule has 2 amide bonds. The molecule has 0 aromatic heterocycles. The van der Waals surface area contributed by atoms with Gasteiger partial charge in [-0.1, -0.05) is 24.3 Å². The van der Waals surface area contributed by atoms with E-state index in [0.717, 1.165) is 11.1 Å². The lowest BCUT2D eigenvalue weighted by molar-refractivity contribution is -0.119. The van der Waals surface area contributed by atoms with Crippen LogP contribution in [0.4, 0.5) is 11.4 Å². The molecule has 1 heterocycles. The minimum atomic E-state index is -3.72. The molecule has 1 fully saturated rings. The minimum absolute atomic E-state index is 0.155. The maximum Gasteiger partial charge on any atom is 0.261 e. The van der Waals surface area contributed by atoms with Gasteiger partial charge in [0.25, 0.3) is 15.9 Å². The summed E-state index contributed by atoms with van der Waals surface area (Å²) in [5.74, 6) is 0.417. The molecule has 0 bridgehead atoms. The lowest BCUT2D eigenvalue weighted by atomic mass is 10.1. The number of carbonyl (C=O) groups is 2. The Balaban J connectivity index is 1.44. The Morgan fingerprint density at radius 1 is 0.912 bits per heavy atom. The van der Waals surface area contributed by atoms with Gasteiger partial charge in [-0.15, -0.1) is 11.8 Å². The summed E-state index contributed by atoms with van der Waals surface area (Å²) in [5.41, 5.74) is 3.65. The van der Waals surface area contributed by atoms with Gasteiger partial charge in [0.05, 0.1) is 10.8 Å². The normalized spacial score (nSPS) is 15.7. The van der Waals surface area contributed by atoms with E-state index in [1.807, 2.05) is 32.0 Å². The molecule has 1 aliphatic heterocycles. The quantitative estimate of drug-likeness (QED) is 0.533. The van der Waals surface area contributed by atoms with E-state index in [1.165, 1.54) is 23.9 Å². The van der Waals surface area contributed by atoms with Crippen LogP contribution in [0.3, 0.4) is 0 Å². The van der Waals surface area contributed by atoms with Crippen molar-refractivity contribution >= 4 is 45.0 Å². The molecule has 0 saturated carbocycles. The van der Waals surface area contributed by atoms with E-state index < -0.39 is 16.1 Å². The average molecular weight is 496 g/mol. The molecular formula is C25H25N3O4S2. The highest BCUT2D eigenvalue weighted by Crippen LogP contribution is 2.26. The standard InChI is InChI=1S/C25H25N3O4S2/c1-17-8-11-21(14-18(17)2)26-24(29)23-15-33-16-28(23)25(30)19-9-12-20(13-10-19)27-34(31,32)22-6-4-3-5-7-22/h3-14,23,27H,15-16H2,1-2H3,(H,26,29). The van der Waals surface area contributed by atoms with E-state index in [9.17, 15) is 18.0 Å². The lowest BCUT2D eigenvalue weighted by Crippen LogP contribution is -2.44. The number of rotatable bonds is 6. The van der Waals surface area contributed by atoms with Crippen LogP contribution in [-0.4, -0.2) is 42.8 Å². The second kappa shape index (κ2) is 9.90. The number of nitrogens with one attached hydrogen (secondary N) is 2. The van der Waals surface area contributed by atoms with Gasteiger partial charge in [-0.3, -0.25) is 14.3 Å². The second-order valence-corrected chi connectivity index (χ2v) is 10.8. The molecule has 4 rings (SSSR count). The van der Waals surface area contributed by atoms with E-state index >= 15 is 0 Å². The topological polar surface area (TPSA) is 95.6 Å². The first-order chi connectivity index (χ1) is 16.2. The zero-order valence-corrected chi connectivity index (χ0v) is 20.4. The van der Waals surface area contributed by atoms with Gasteiger partial charge in [0.2, 0.25) is 5.91 Å². The van der Waals surface area contributed by atoms with Crippen LogP contribution in [0.15, 0.2) is 77.7 Å². The zero-order valence-electron chi connectivity index (χ0n) is 18.8. The molecule has 2 N–H and O–H groups in total. The number of sulfonamides is 1. The van der Waals surface area contributed by atoms with E-state index in [4.69, 9.17) is 0 Å². The van der Waals surface area contributed by atoms with Crippen molar-refractivity contribution in [1.29, 1.82) is 0 Å². The molecule has 1 atom stereocenters. The summed E-state index contributed by atoms with van der Waals surface area (Å²) in [6, 6.07) is 19.4. The first kappa shape index (κ1) is 23.8. The summed E-state index contributed by atoms with van der Waals surface area (Å²) < 4.78 is 27.5. The van der Waals surface area contributed by atoms with Crippen LogP contribution in [0.2, 0.25) is 0 Å². The van der Waals surface area contributed by atoms with Crippen LogP contribution in [0.1, 0.15) is 21.5 Å². The number of hydrogen-bond donors (Lipinski definition) is 2. The summed E-state index contributed by atoms with van der Waals surface area (Å²) in [7, 11) is -3.72. The highest BCUT2D eigenvalue weighted by molar-refractivity contribution is 7.99. The molecule has 0 spiro atoms. The fraction of sp³-hybridized carbons (Fsp3) is 0.200. The Hall–Kier alpha value is -3.30. The SMILES string of the molecule is Cc1ccc(NC(=O)C2CSCN2C(=O)c2ccc(NS(=O)(=O)c3ccccc3)cc2)cc1C. The van der Waals surface area contributed by atoms with Crippen molar-refractivity contribution in [3.05, 3.63) is 89.5 Å². The van der Waals surface area contributed by atoms with Crippen molar-refractivity contribution in [3.8, 4) is 0 Å². The van der Waals surface area contributed by atoms with Gasteiger partial charge in [-0.25, -0.2) is 8.42 Å². The summed E-state index contributed by atoms with van der Waals surface area (Å²) in [6.07, 6.45) is 0. The number of nitrogens with zero attached hydrogens (tertiary/aromatic N) is 1. The third-order valence-corrected chi connectivity index (χ3v) is 8.07. The second-order valence-electron chi connectivity index (χ2n) is 8.07. The molecule has 1 saturated heterocycles. The molecule has 3 aromatic rings. The van der Waals surface area contributed by atoms with E-state index in [1.54, 1.807) is 47.4 Å². The Morgan fingerprint density at radius 2 is 1.59 bits per heavy atom. The predicted octanol–water partition coefficient (Wildman–Crippen LogP) is 4.26. The Labute approximate surface area is 203 Å². The summed E-state index contributed by atoms with van der Waals surface area (Å²) in [6.45, 7) is 3.99. The fourth-order valence-corrected chi connectivity index (χ4v) is 5.80. The van der Waals surface area contributed by atoms with Gasteiger partial charge in [0.1, 0.15) is 6.04 Å². The van der Waals surface area contributed by atoms with Crippen molar-refractivity contribution < 1.29 is 18.0 Å². The molecule has 9 heteroatoms. The molecule has 34 heavy (non-hydrogen) atoms. The Bertz CT molecular complexity index is 1310. The molecule has 176 valence electrons. The minimum Gasteiger partial charge on any atom is -0.324 e. The maximum absolute atomic E-state index is 13.1. The Kier molecular flexibility index (Phi) is 6.95. The monoisotopic (exact) mass is 495 g/mol. The van der Waals surface area contributed by atoms with E-state index in [-0.39, 0.29) is 16.7 Å². The largest absolute Gasteiger partial charge is 0.324 e. The summed E-state index contributed by atoms with van der Waals surface area (Å²) in [4.78, 5) is 27.7. The van der Waals surface area contributed by atoms with Gasteiger partial charge >= 0.3 is 0 Å². The zero-order chi connectivity index (χ0) is 24.3. The van der Waals surface area contributed by atoms with Crippen molar-refractivity contribution in [3.63, 3.8) is 0 Å². The third-order valence-electron chi connectivity index (χ3n) is 5.66. The van der Waals surface area contributed by atoms with E-state index in [0.29, 0.717) is 28.6 Å². The number of anilines is 2. The fourth-order valence-electron chi connectivity index (χ4n) is 3.57. The number of aryl methyl sites for hydroxylation is 2. The van der Waals surface area contributed by atoms with Crippen LogP contribution in [0.25, 0.3) is 0 Å². The van der Waals surface area contributed by atoms with Crippen LogP contribution >= 0.6 is 11.8 Å². The Morgan fingerprint density at radius 3 is 2.26 bits per heavy atom. The van der Waals surface area contributed by atoms with Crippen molar-refractivity contribution in [2.24, 2.45) is 0 Å². The molecule has 0 aliphatic carbocycles. The summed E-state index contributed by atoms with van der Waals surface area (Å²) in [5, 5.41) is 2.92. The van der Waals surface area contributed by atoms with Gasteiger partial charge in [-0.05, 0) is 73.5 Å². The van der Waals surface area contributed by atoms with E-state index in [2.05, 4.69) is 10.0 Å². The van der Waals surface area contributed by atoms with Gasteiger partial charge in [0.15, 0.2) is 0 Å².